The van der Waals surface area contributed by atoms with Crippen molar-refractivity contribution in [3.8, 4) is 0 Å². The van der Waals surface area contributed by atoms with Gasteiger partial charge in [0.1, 0.15) is 0 Å². The van der Waals surface area contributed by atoms with E-state index in [9.17, 15) is 0 Å². The quantitative estimate of drug-likeness (QED) is 0.492. The molecular formula is C22H43NO4. The van der Waals surface area contributed by atoms with E-state index < -0.39 is 0 Å². The lowest BCUT2D eigenvalue weighted by molar-refractivity contribution is -0.197. The molecule has 2 aliphatic rings. The van der Waals surface area contributed by atoms with Gasteiger partial charge in [-0.25, -0.2) is 0 Å². The monoisotopic (exact) mass is 385 g/mol. The van der Waals surface area contributed by atoms with Crippen LogP contribution in [-0.4, -0.2) is 63.5 Å². The van der Waals surface area contributed by atoms with Gasteiger partial charge in [0.15, 0.2) is 12.1 Å². The number of hydrogen-bond acceptors (Lipinski definition) is 5. The van der Waals surface area contributed by atoms with Gasteiger partial charge >= 0.3 is 0 Å². The third-order valence-electron chi connectivity index (χ3n) is 6.92. The lowest BCUT2D eigenvalue weighted by atomic mass is 9.68. The summed E-state index contributed by atoms with van der Waals surface area (Å²) in [5.74, 6) is 0.488. The summed E-state index contributed by atoms with van der Waals surface area (Å²) in [6.45, 7) is 12.9. The van der Waals surface area contributed by atoms with Gasteiger partial charge in [-0.2, -0.15) is 0 Å². The van der Waals surface area contributed by atoms with Gasteiger partial charge in [0, 0.05) is 40.2 Å². The van der Waals surface area contributed by atoms with E-state index in [1.165, 1.54) is 19.3 Å². The molecule has 1 atom stereocenters. The van der Waals surface area contributed by atoms with Crippen molar-refractivity contribution in [2.45, 2.75) is 90.8 Å². The maximum Gasteiger partial charge on any atom is 0.169 e. The molecule has 2 rings (SSSR count). The molecule has 1 unspecified atom stereocenters. The molecule has 1 aliphatic heterocycles. The first-order chi connectivity index (χ1) is 12.9. The highest BCUT2D eigenvalue weighted by Crippen LogP contribution is 2.47. The molecule has 1 aliphatic carbocycles. The van der Waals surface area contributed by atoms with Gasteiger partial charge in [-0.3, -0.25) is 4.90 Å². The van der Waals surface area contributed by atoms with Gasteiger partial charge in [-0.15, -0.1) is 0 Å². The van der Waals surface area contributed by atoms with Crippen LogP contribution in [0.5, 0.6) is 0 Å². The maximum atomic E-state index is 6.46. The third-order valence-corrected chi connectivity index (χ3v) is 6.92. The second kappa shape index (κ2) is 10.5. The first-order valence-electron chi connectivity index (χ1n) is 11.0. The second-order valence-electron chi connectivity index (χ2n) is 9.07. The molecule has 5 nitrogen and oxygen atoms in total. The molecule has 0 aromatic rings. The van der Waals surface area contributed by atoms with Crippen LogP contribution in [0, 0.1) is 11.3 Å². The maximum absolute atomic E-state index is 6.46. The van der Waals surface area contributed by atoms with E-state index in [-0.39, 0.29) is 18.2 Å². The number of rotatable bonds is 11. The molecule has 0 aromatic carbocycles. The van der Waals surface area contributed by atoms with Gasteiger partial charge < -0.3 is 18.9 Å². The highest BCUT2D eigenvalue weighted by atomic mass is 16.7. The Hall–Kier alpha value is -0.200. The number of methoxy groups -OCH3 is 2. The Labute approximate surface area is 167 Å². The van der Waals surface area contributed by atoms with E-state index >= 15 is 0 Å². The smallest absolute Gasteiger partial charge is 0.169 e. The van der Waals surface area contributed by atoms with Crippen LogP contribution >= 0.6 is 0 Å². The molecule has 1 saturated heterocycles. The van der Waals surface area contributed by atoms with E-state index in [2.05, 4.69) is 32.6 Å². The lowest BCUT2D eigenvalue weighted by Gasteiger charge is -2.42. The summed E-state index contributed by atoms with van der Waals surface area (Å²) < 4.78 is 23.4. The van der Waals surface area contributed by atoms with E-state index in [1.54, 1.807) is 14.2 Å². The van der Waals surface area contributed by atoms with E-state index in [0.29, 0.717) is 5.41 Å². The minimum atomic E-state index is -0.303. The first-order valence-corrected chi connectivity index (χ1v) is 11.0. The van der Waals surface area contributed by atoms with Crippen molar-refractivity contribution >= 4 is 0 Å². The fourth-order valence-corrected chi connectivity index (χ4v) is 4.54. The molecule has 27 heavy (non-hydrogen) atoms. The van der Waals surface area contributed by atoms with Crippen LogP contribution in [0.2, 0.25) is 0 Å². The van der Waals surface area contributed by atoms with Crippen molar-refractivity contribution in [1.29, 1.82) is 0 Å². The summed E-state index contributed by atoms with van der Waals surface area (Å²) in [6, 6.07) is 0. The minimum Gasteiger partial charge on any atom is -0.355 e. The first kappa shape index (κ1) is 23.1. The van der Waals surface area contributed by atoms with Crippen molar-refractivity contribution in [3.05, 3.63) is 0 Å². The van der Waals surface area contributed by atoms with Gasteiger partial charge in [0.25, 0.3) is 0 Å². The average molecular weight is 386 g/mol. The largest absolute Gasteiger partial charge is 0.355 e. The normalized spacial score (nSPS) is 29.3. The predicted octanol–water partition coefficient (Wildman–Crippen LogP) is 4.45. The molecule has 0 N–H and O–H groups in total. The van der Waals surface area contributed by atoms with Crippen LogP contribution in [0.4, 0.5) is 0 Å². The average Bonchev–Trinajstić information content (AvgIpc) is 3.06. The van der Waals surface area contributed by atoms with Crippen molar-refractivity contribution in [1.82, 2.24) is 4.90 Å². The third kappa shape index (κ3) is 6.40. The van der Waals surface area contributed by atoms with Crippen molar-refractivity contribution in [2.75, 3.05) is 40.5 Å². The van der Waals surface area contributed by atoms with E-state index in [4.69, 9.17) is 18.9 Å². The Morgan fingerprint density at radius 1 is 1.11 bits per heavy atom. The van der Waals surface area contributed by atoms with Gasteiger partial charge in [0.2, 0.25) is 0 Å². The van der Waals surface area contributed by atoms with E-state index in [1.807, 2.05) is 0 Å². The van der Waals surface area contributed by atoms with Gasteiger partial charge in [0.05, 0.1) is 12.7 Å². The molecule has 1 spiro atoms. The summed E-state index contributed by atoms with van der Waals surface area (Å²) in [4.78, 5) is 2.41. The van der Waals surface area contributed by atoms with Crippen LogP contribution in [-0.2, 0) is 18.9 Å². The summed E-state index contributed by atoms with van der Waals surface area (Å²) in [5, 5.41) is 0. The Bertz CT molecular complexity index is 417. The fourth-order valence-electron chi connectivity index (χ4n) is 4.54. The number of hydrogen-bond donors (Lipinski definition) is 0. The topological polar surface area (TPSA) is 40.2 Å². The van der Waals surface area contributed by atoms with Crippen LogP contribution in [0.25, 0.3) is 0 Å². The molecule has 5 heteroatoms. The van der Waals surface area contributed by atoms with Crippen molar-refractivity contribution in [3.63, 3.8) is 0 Å². The summed E-state index contributed by atoms with van der Waals surface area (Å²) >= 11 is 0. The fraction of sp³-hybridized carbons (Fsp3) is 1.00. The highest BCUT2D eigenvalue weighted by molar-refractivity contribution is 4.89. The zero-order valence-corrected chi connectivity index (χ0v) is 18.6. The van der Waals surface area contributed by atoms with Gasteiger partial charge in [-0.1, -0.05) is 34.1 Å². The van der Waals surface area contributed by atoms with Crippen LogP contribution < -0.4 is 0 Å². The molecule has 2 fully saturated rings. The Morgan fingerprint density at radius 2 is 1.78 bits per heavy atom. The SMILES string of the molecule is CCCN(CCC1COC2(CCC(C(C)(C)CC)CC2)O1)CC(OC)OC. The molecule has 160 valence electrons. The molecule has 0 aromatic heterocycles. The predicted molar refractivity (Wildman–Crippen MR) is 109 cm³/mol. The Morgan fingerprint density at radius 3 is 2.33 bits per heavy atom. The zero-order valence-electron chi connectivity index (χ0n) is 18.6. The van der Waals surface area contributed by atoms with Crippen molar-refractivity contribution in [2.24, 2.45) is 11.3 Å². The molecule has 0 radical (unpaired) electrons. The number of ether oxygens (including phenoxy) is 4. The summed E-state index contributed by atoms with van der Waals surface area (Å²) in [7, 11) is 3.40. The Kier molecular flexibility index (Phi) is 9.01. The number of nitrogens with zero attached hydrogens (tertiary/aromatic N) is 1. The molecular weight excluding hydrogens is 342 g/mol. The molecule has 1 heterocycles. The Balaban J connectivity index is 1.78. The lowest BCUT2D eigenvalue weighted by Crippen LogP contribution is -2.40. The standard InChI is InChI=1S/C22H43NO4/c1-7-14-23(16-20(24-5)25-6)15-11-19-17-26-22(27-19)12-9-18(10-13-22)21(3,4)8-2/h18-20H,7-17H2,1-6H3. The van der Waals surface area contributed by atoms with Crippen molar-refractivity contribution < 1.29 is 18.9 Å². The molecule has 0 amide bonds. The minimum absolute atomic E-state index is 0.166. The summed E-state index contributed by atoms with van der Waals surface area (Å²) in [6.07, 6.45) is 7.96. The van der Waals surface area contributed by atoms with Crippen LogP contribution in [0.15, 0.2) is 0 Å². The second-order valence-corrected chi connectivity index (χ2v) is 9.07. The molecule has 0 bridgehead atoms. The highest BCUT2D eigenvalue weighted by Gasteiger charge is 2.46. The van der Waals surface area contributed by atoms with Crippen LogP contribution in [0.1, 0.15) is 72.6 Å². The van der Waals surface area contributed by atoms with Crippen LogP contribution in [0.3, 0.4) is 0 Å². The van der Waals surface area contributed by atoms with E-state index in [0.717, 1.165) is 57.8 Å². The zero-order chi connectivity index (χ0) is 19.9. The van der Waals surface area contributed by atoms with Gasteiger partial charge in [-0.05, 0) is 43.6 Å². The summed E-state index contributed by atoms with van der Waals surface area (Å²) in [5.41, 5.74) is 0.430. The molecule has 1 saturated carbocycles.